The van der Waals surface area contributed by atoms with E-state index in [0.29, 0.717) is 17.7 Å². The van der Waals surface area contributed by atoms with Gasteiger partial charge in [-0.15, -0.1) is 13.2 Å². The van der Waals surface area contributed by atoms with Crippen LogP contribution < -0.4 is 10.0 Å². The molecule has 0 bridgehead atoms. The second kappa shape index (κ2) is 7.95. The molecule has 1 rings (SSSR count). The first-order valence-corrected chi connectivity index (χ1v) is 7.55. The first kappa shape index (κ1) is 15.7. The van der Waals surface area contributed by atoms with Crippen LogP contribution >= 0.6 is 7.60 Å². The molecule has 0 spiro atoms. The minimum Gasteiger partial charge on any atom is -0.494 e. The van der Waals surface area contributed by atoms with Gasteiger partial charge in [-0.3, -0.25) is 4.57 Å². The van der Waals surface area contributed by atoms with Gasteiger partial charge in [0.2, 0.25) is 0 Å². The zero-order valence-electron chi connectivity index (χ0n) is 11.1. The molecule has 4 nitrogen and oxygen atoms in total. The highest BCUT2D eigenvalue weighted by molar-refractivity contribution is 7.62. The van der Waals surface area contributed by atoms with Gasteiger partial charge in [-0.05, 0) is 31.2 Å². The predicted molar refractivity (Wildman–Crippen MR) is 77.1 cm³/mol. The monoisotopic (exact) mass is 282 g/mol. The lowest BCUT2D eigenvalue weighted by Crippen LogP contribution is -2.11. The van der Waals surface area contributed by atoms with Crippen LogP contribution in [0.2, 0.25) is 0 Å². The summed E-state index contributed by atoms with van der Waals surface area (Å²) in [6.07, 6.45) is 3.05. The molecule has 0 radical (unpaired) electrons. The van der Waals surface area contributed by atoms with Crippen molar-refractivity contribution in [2.45, 2.75) is 6.92 Å². The number of benzene rings is 1. The highest BCUT2D eigenvalue weighted by atomic mass is 31.2. The van der Waals surface area contributed by atoms with Gasteiger partial charge in [0.05, 0.1) is 25.1 Å². The summed E-state index contributed by atoms with van der Waals surface area (Å²) in [7, 11) is -3.34. The maximum atomic E-state index is 12.6. The van der Waals surface area contributed by atoms with Crippen molar-refractivity contribution < 1.29 is 18.3 Å². The van der Waals surface area contributed by atoms with E-state index in [-0.39, 0.29) is 13.2 Å². The van der Waals surface area contributed by atoms with Gasteiger partial charge in [0.1, 0.15) is 5.75 Å². The smallest absolute Gasteiger partial charge is 0.361 e. The minimum atomic E-state index is -3.34. The zero-order chi connectivity index (χ0) is 14.1. The topological polar surface area (TPSA) is 44.8 Å². The van der Waals surface area contributed by atoms with Crippen molar-refractivity contribution in [2.24, 2.45) is 0 Å². The Hall–Kier alpha value is -1.35. The van der Waals surface area contributed by atoms with Crippen LogP contribution in [0.1, 0.15) is 6.92 Å². The normalized spacial score (nSPS) is 11.0. The van der Waals surface area contributed by atoms with Gasteiger partial charge in [-0.2, -0.15) is 0 Å². The Morgan fingerprint density at radius 1 is 1.11 bits per heavy atom. The Balaban J connectivity index is 2.92. The molecule has 0 heterocycles. The van der Waals surface area contributed by atoms with Gasteiger partial charge in [0.25, 0.3) is 0 Å². The molecule has 5 heteroatoms. The minimum absolute atomic E-state index is 0.154. The molecule has 0 fully saturated rings. The Bertz CT molecular complexity index is 437. The Morgan fingerprint density at radius 3 is 2.05 bits per heavy atom. The number of ether oxygens (including phenoxy) is 1. The first-order chi connectivity index (χ1) is 9.16. The summed E-state index contributed by atoms with van der Waals surface area (Å²) >= 11 is 0. The molecule has 19 heavy (non-hydrogen) atoms. The van der Waals surface area contributed by atoms with Crippen LogP contribution in [0, 0.1) is 0 Å². The molecule has 0 atom stereocenters. The third-order valence-corrected chi connectivity index (χ3v) is 4.10. The Labute approximate surface area is 114 Å². The van der Waals surface area contributed by atoms with Gasteiger partial charge in [-0.25, -0.2) is 0 Å². The fraction of sp³-hybridized carbons (Fsp3) is 0.286. The molecule has 0 aromatic heterocycles. The summed E-state index contributed by atoms with van der Waals surface area (Å²) in [5.74, 6) is 0.713. The van der Waals surface area contributed by atoms with Crippen molar-refractivity contribution in [1.82, 2.24) is 0 Å². The molecule has 0 aliphatic carbocycles. The lowest BCUT2D eigenvalue weighted by molar-refractivity contribution is 0.247. The standard InChI is InChI=1S/C14H19O4P/c1-4-11-17-19(15,18-12-5-2)14-9-7-13(8-10-14)16-6-3/h4-5,7-10H,1-2,6,11-12H2,3H3. The Kier molecular flexibility index (Phi) is 6.57. The SMILES string of the molecule is C=CCOP(=O)(OCC=C)c1ccc(OCC)cc1. The van der Waals surface area contributed by atoms with Gasteiger partial charge >= 0.3 is 7.60 Å². The van der Waals surface area contributed by atoms with E-state index in [1.165, 1.54) is 12.2 Å². The number of hydrogen-bond acceptors (Lipinski definition) is 4. The zero-order valence-corrected chi connectivity index (χ0v) is 12.0. The van der Waals surface area contributed by atoms with Gasteiger partial charge < -0.3 is 13.8 Å². The molecule has 1 aromatic carbocycles. The number of hydrogen-bond donors (Lipinski definition) is 0. The van der Waals surface area contributed by atoms with E-state index >= 15 is 0 Å². The van der Waals surface area contributed by atoms with Crippen LogP contribution in [0.15, 0.2) is 49.6 Å². The summed E-state index contributed by atoms with van der Waals surface area (Å²) in [5, 5.41) is 0.486. The summed E-state index contributed by atoms with van der Waals surface area (Å²) < 4.78 is 28.5. The van der Waals surface area contributed by atoms with Crippen LogP contribution in [-0.4, -0.2) is 19.8 Å². The highest BCUT2D eigenvalue weighted by Gasteiger charge is 2.26. The maximum absolute atomic E-state index is 12.6. The molecule has 0 N–H and O–H groups in total. The van der Waals surface area contributed by atoms with E-state index in [1.807, 2.05) is 6.92 Å². The van der Waals surface area contributed by atoms with Crippen LogP contribution in [-0.2, 0) is 13.6 Å². The molecule has 0 unspecified atom stereocenters. The lowest BCUT2D eigenvalue weighted by Gasteiger charge is -2.17. The third kappa shape index (κ3) is 4.67. The van der Waals surface area contributed by atoms with Gasteiger partial charge in [0.15, 0.2) is 0 Å². The molecule has 0 aliphatic rings. The third-order valence-electron chi connectivity index (χ3n) is 2.19. The molecule has 0 saturated heterocycles. The largest absolute Gasteiger partial charge is 0.494 e. The quantitative estimate of drug-likeness (QED) is 0.515. The van der Waals surface area contributed by atoms with Crippen LogP contribution in [0.5, 0.6) is 5.75 Å². The van der Waals surface area contributed by atoms with Crippen LogP contribution in [0.4, 0.5) is 0 Å². The molecular formula is C14H19O4P. The van der Waals surface area contributed by atoms with Crippen molar-refractivity contribution in [1.29, 1.82) is 0 Å². The van der Waals surface area contributed by atoms with Crippen molar-refractivity contribution in [3.05, 3.63) is 49.6 Å². The second-order valence-corrected chi connectivity index (χ2v) is 5.62. The van der Waals surface area contributed by atoms with Crippen molar-refractivity contribution in [3.8, 4) is 5.75 Å². The summed E-state index contributed by atoms with van der Waals surface area (Å²) in [4.78, 5) is 0. The average molecular weight is 282 g/mol. The molecule has 0 aliphatic heterocycles. The van der Waals surface area contributed by atoms with Crippen molar-refractivity contribution in [3.63, 3.8) is 0 Å². The number of rotatable bonds is 9. The van der Waals surface area contributed by atoms with E-state index in [2.05, 4.69) is 13.2 Å². The van der Waals surface area contributed by atoms with Gasteiger partial charge in [-0.1, -0.05) is 12.2 Å². The maximum Gasteiger partial charge on any atom is 0.361 e. The van der Waals surface area contributed by atoms with E-state index < -0.39 is 7.60 Å². The molecule has 0 amide bonds. The average Bonchev–Trinajstić information content (AvgIpc) is 2.44. The molecule has 1 aromatic rings. The summed E-state index contributed by atoms with van der Waals surface area (Å²) in [6.45, 7) is 9.86. The fourth-order valence-electron chi connectivity index (χ4n) is 1.38. The van der Waals surface area contributed by atoms with E-state index in [0.717, 1.165) is 0 Å². The van der Waals surface area contributed by atoms with Crippen LogP contribution in [0.3, 0.4) is 0 Å². The summed E-state index contributed by atoms with van der Waals surface area (Å²) in [6, 6.07) is 6.83. The van der Waals surface area contributed by atoms with Crippen molar-refractivity contribution >= 4 is 12.9 Å². The molecular weight excluding hydrogens is 263 g/mol. The first-order valence-electron chi connectivity index (χ1n) is 6.00. The van der Waals surface area contributed by atoms with E-state index in [1.54, 1.807) is 24.3 Å². The molecule has 0 saturated carbocycles. The van der Waals surface area contributed by atoms with Crippen molar-refractivity contribution in [2.75, 3.05) is 19.8 Å². The Morgan fingerprint density at radius 2 is 1.63 bits per heavy atom. The lowest BCUT2D eigenvalue weighted by atomic mass is 10.3. The van der Waals surface area contributed by atoms with E-state index in [9.17, 15) is 4.57 Å². The van der Waals surface area contributed by atoms with E-state index in [4.69, 9.17) is 13.8 Å². The van der Waals surface area contributed by atoms with Crippen LogP contribution in [0.25, 0.3) is 0 Å². The fourth-order valence-corrected chi connectivity index (χ4v) is 2.87. The summed E-state index contributed by atoms with van der Waals surface area (Å²) in [5.41, 5.74) is 0. The second-order valence-electron chi connectivity index (χ2n) is 3.59. The predicted octanol–water partition coefficient (Wildman–Crippen LogP) is 3.31. The molecule has 104 valence electrons. The highest BCUT2D eigenvalue weighted by Crippen LogP contribution is 2.47. The van der Waals surface area contributed by atoms with Gasteiger partial charge in [0, 0.05) is 0 Å².